The second-order valence-electron chi connectivity index (χ2n) is 6.54. The summed E-state index contributed by atoms with van der Waals surface area (Å²) in [5.74, 6) is 0.940. The van der Waals surface area contributed by atoms with E-state index in [4.69, 9.17) is 5.73 Å². The van der Waals surface area contributed by atoms with Crippen LogP contribution in [0.3, 0.4) is 0 Å². The van der Waals surface area contributed by atoms with Gasteiger partial charge in [-0.2, -0.15) is 0 Å². The van der Waals surface area contributed by atoms with Crippen LogP contribution in [0.5, 0.6) is 0 Å². The lowest BCUT2D eigenvalue weighted by Gasteiger charge is -2.31. The fraction of sp³-hybridized carbons (Fsp3) is 0.588. The summed E-state index contributed by atoms with van der Waals surface area (Å²) in [6.45, 7) is 4.42. The Hall–Kier alpha value is -1.06. The Labute approximate surface area is 134 Å². The third-order valence-corrected chi connectivity index (χ3v) is 4.34. The zero-order chi connectivity index (χ0) is 14.6. The molecule has 1 aromatic rings. The first kappa shape index (κ1) is 18.0. The third-order valence-electron chi connectivity index (χ3n) is 4.34. The molecule has 0 saturated heterocycles. The summed E-state index contributed by atoms with van der Waals surface area (Å²) >= 11 is 0. The molecule has 1 aromatic carbocycles. The third kappa shape index (κ3) is 5.01. The zero-order valence-corrected chi connectivity index (χ0v) is 13.8. The average Bonchev–Trinajstić information content (AvgIpc) is 2.48. The predicted molar refractivity (Wildman–Crippen MR) is 89.7 cm³/mol. The Balaban J connectivity index is 0.00000220. The first-order valence-electron chi connectivity index (χ1n) is 7.59. The van der Waals surface area contributed by atoms with Crippen molar-refractivity contribution in [3.63, 3.8) is 0 Å². The Bertz CT molecular complexity index is 439. The van der Waals surface area contributed by atoms with Gasteiger partial charge >= 0.3 is 0 Å². The molecule has 1 saturated carbocycles. The number of hydrogen-bond donors (Lipinski definition) is 2. The van der Waals surface area contributed by atoms with Crippen LogP contribution in [0.2, 0.25) is 0 Å². The van der Waals surface area contributed by atoms with Crippen molar-refractivity contribution < 1.29 is 4.79 Å². The summed E-state index contributed by atoms with van der Waals surface area (Å²) in [6.07, 6.45) is 4.16. The molecule has 1 amide bonds. The first-order chi connectivity index (χ1) is 9.52. The van der Waals surface area contributed by atoms with Gasteiger partial charge in [0, 0.05) is 18.0 Å². The fourth-order valence-corrected chi connectivity index (χ4v) is 2.90. The van der Waals surface area contributed by atoms with Crippen LogP contribution in [0.15, 0.2) is 30.3 Å². The molecule has 1 fully saturated rings. The molecular weight excluding hydrogens is 284 g/mol. The maximum atomic E-state index is 12.2. The molecule has 118 valence electrons. The molecule has 2 rings (SSSR count). The molecule has 0 radical (unpaired) electrons. The van der Waals surface area contributed by atoms with Crippen molar-refractivity contribution in [1.29, 1.82) is 0 Å². The molecule has 0 aliphatic heterocycles. The summed E-state index contributed by atoms with van der Waals surface area (Å²) in [6, 6.07) is 10.6. The summed E-state index contributed by atoms with van der Waals surface area (Å²) in [5, 5.41) is 3.07. The van der Waals surface area contributed by atoms with Gasteiger partial charge in [-0.25, -0.2) is 0 Å². The Kier molecular flexibility index (Phi) is 6.69. The second-order valence-corrected chi connectivity index (χ2v) is 6.54. The van der Waals surface area contributed by atoms with Crippen molar-refractivity contribution in [1.82, 2.24) is 5.32 Å². The van der Waals surface area contributed by atoms with E-state index >= 15 is 0 Å². The van der Waals surface area contributed by atoms with E-state index in [9.17, 15) is 4.79 Å². The van der Waals surface area contributed by atoms with E-state index in [0.717, 1.165) is 25.7 Å². The van der Waals surface area contributed by atoms with Crippen molar-refractivity contribution in [2.75, 3.05) is 6.54 Å². The molecule has 0 atom stereocenters. The lowest BCUT2D eigenvalue weighted by Crippen LogP contribution is -2.51. The molecule has 1 aliphatic rings. The minimum absolute atomic E-state index is 0. The van der Waals surface area contributed by atoms with E-state index in [1.165, 1.54) is 5.56 Å². The van der Waals surface area contributed by atoms with Crippen LogP contribution in [-0.2, 0) is 4.79 Å². The number of nitrogens with one attached hydrogen (secondary N) is 1. The number of amides is 1. The fourth-order valence-electron chi connectivity index (χ4n) is 2.90. The van der Waals surface area contributed by atoms with Gasteiger partial charge in [-0.15, -0.1) is 12.4 Å². The number of hydrogen-bond acceptors (Lipinski definition) is 2. The van der Waals surface area contributed by atoms with Gasteiger partial charge < -0.3 is 11.1 Å². The van der Waals surface area contributed by atoms with Crippen molar-refractivity contribution in [2.45, 2.75) is 51.0 Å². The molecule has 21 heavy (non-hydrogen) atoms. The van der Waals surface area contributed by atoms with Crippen molar-refractivity contribution in [3.8, 4) is 0 Å². The predicted octanol–water partition coefficient (Wildman–Crippen LogP) is 3.24. The normalized spacial score (nSPS) is 22.2. The summed E-state index contributed by atoms with van der Waals surface area (Å²) in [5.41, 5.74) is 6.78. The summed E-state index contributed by atoms with van der Waals surface area (Å²) in [4.78, 5) is 12.2. The van der Waals surface area contributed by atoms with Crippen molar-refractivity contribution in [3.05, 3.63) is 35.9 Å². The Morgan fingerprint density at radius 1 is 1.19 bits per heavy atom. The van der Waals surface area contributed by atoms with E-state index in [-0.39, 0.29) is 29.8 Å². The number of nitrogens with two attached hydrogens (primary N) is 1. The largest absolute Gasteiger partial charge is 0.350 e. The SMILES string of the molecule is CC(C)(CN)NC(=O)C1CCC(c2ccccc2)CC1.Cl. The van der Waals surface area contributed by atoms with Gasteiger partial charge in [0.1, 0.15) is 0 Å². The molecule has 3 N–H and O–H groups in total. The van der Waals surface area contributed by atoms with E-state index < -0.39 is 0 Å². The molecule has 0 unspecified atom stereocenters. The number of carbonyl (C=O) groups is 1. The highest BCUT2D eigenvalue weighted by Crippen LogP contribution is 2.35. The monoisotopic (exact) mass is 310 g/mol. The smallest absolute Gasteiger partial charge is 0.223 e. The molecule has 4 heteroatoms. The quantitative estimate of drug-likeness (QED) is 0.897. The molecule has 0 heterocycles. The maximum absolute atomic E-state index is 12.2. The number of benzene rings is 1. The molecular formula is C17H27ClN2O. The minimum Gasteiger partial charge on any atom is -0.350 e. The van der Waals surface area contributed by atoms with Crippen LogP contribution in [0, 0.1) is 5.92 Å². The van der Waals surface area contributed by atoms with Crippen LogP contribution in [-0.4, -0.2) is 18.0 Å². The van der Waals surface area contributed by atoms with Crippen LogP contribution in [0.25, 0.3) is 0 Å². The number of carbonyl (C=O) groups excluding carboxylic acids is 1. The van der Waals surface area contributed by atoms with Crippen molar-refractivity contribution >= 4 is 18.3 Å². The van der Waals surface area contributed by atoms with Crippen LogP contribution < -0.4 is 11.1 Å². The van der Waals surface area contributed by atoms with Crippen LogP contribution >= 0.6 is 12.4 Å². The van der Waals surface area contributed by atoms with E-state index in [0.29, 0.717) is 12.5 Å². The highest BCUT2D eigenvalue weighted by molar-refractivity contribution is 5.85. The summed E-state index contributed by atoms with van der Waals surface area (Å²) in [7, 11) is 0. The van der Waals surface area contributed by atoms with Crippen LogP contribution in [0.1, 0.15) is 51.0 Å². The summed E-state index contributed by atoms with van der Waals surface area (Å²) < 4.78 is 0. The van der Waals surface area contributed by atoms with E-state index in [2.05, 4.69) is 35.6 Å². The number of halogens is 1. The lowest BCUT2D eigenvalue weighted by atomic mass is 9.78. The standard InChI is InChI=1S/C17H26N2O.ClH/c1-17(2,12-18)19-16(20)15-10-8-14(9-11-15)13-6-4-3-5-7-13;/h3-7,14-15H,8-12,18H2,1-2H3,(H,19,20);1H. The Morgan fingerprint density at radius 2 is 1.76 bits per heavy atom. The molecule has 0 spiro atoms. The lowest BCUT2D eigenvalue weighted by molar-refractivity contribution is -0.127. The molecule has 1 aliphatic carbocycles. The highest BCUT2D eigenvalue weighted by Gasteiger charge is 2.29. The van der Waals surface area contributed by atoms with Gasteiger partial charge in [-0.05, 0) is 51.0 Å². The molecule has 0 bridgehead atoms. The second kappa shape index (κ2) is 7.81. The van der Waals surface area contributed by atoms with Crippen molar-refractivity contribution in [2.24, 2.45) is 11.7 Å². The number of rotatable bonds is 4. The van der Waals surface area contributed by atoms with Gasteiger partial charge in [-0.3, -0.25) is 4.79 Å². The van der Waals surface area contributed by atoms with E-state index in [1.54, 1.807) is 0 Å². The molecule has 0 aromatic heterocycles. The average molecular weight is 311 g/mol. The highest BCUT2D eigenvalue weighted by atomic mass is 35.5. The van der Waals surface area contributed by atoms with Gasteiger partial charge in [0.05, 0.1) is 0 Å². The first-order valence-corrected chi connectivity index (χ1v) is 7.59. The minimum atomic E-state index is -0.298. The van der Waals surface area contributed by atoms with E-state index in [1.807, 2.05) is 13.8 Å². The molecule has 3 nitrogen and oxygen atoms in total. The maximum Gasteiger partial charge on any atom is 0.223 e. The topological polar surface area (TPSA) is 55.1 Å². The van der Waals surface area contributed by atoms with Crippen LogP contribution in [0.4, 0.5) is 0 Å². The Morgan fingerprint density at radius 3 is 2.29 bits per heavy atom. The van der Waals surface area contributed by atoms with Gasteiger partial charge in [-0.1, -0.05) is 30.3 Å². The van der Waals surface area contributed by atoms with Gasteiger partial charge in [0.25, 0.3) is 0 Å². The van der Waals surface area contributed by atoms with Gasteiger partial charge in [0.15, 0.2) is 0 Å². The zero-order valence-electron chi connectivity index (χ0n) is 13.0. The van der Waals surface area contributed by atoms with Gasteiger partial charge in [0.2, 0.25) is 5.91 Å².